The maximum Gasteiger partial charge on any atom is 0.460 e. The second kappa shape index (κ2) is 9.80. The molecule has 0 amide bonds. The molecule has 27 heteroatoms. The van der Waals surface area contributed by atoms with Gasteiger partial charge in [-0.05, 0) is 0 Å². The van der Waals surface area contributed by atoms with Crippen LogP contribution in [0.1, 0.15) is 0 Å². The van der Waals surface area contributed by atoms with Crippen molar-refractivity contribution in [1.82, 2.24) is 0 Å². The fourth-order valence-electron chi connectivity index (χ4n) is 1.08. The fraction of sp³-hybridized carbons (Fsp3) is 1.00. The van der Waals surface area contributed by atoms with Gasteiger partial charge in [-0.1, -0.05) is 0 Å². The Morgan fingerprint density at radius 2 is 0.514 bits per heavy atom. The van der Waals surface area contributed by atoms with Crippen molar-refractivity contribution in [2.45, 2.75) is 46.6 Å². The van der Waals surface area contributed by atoms with Crippen molar-refractivity contribution in [3.05, 3.63) is 0 Å². The van der Waals surface area contributed by atoms with Gasteiger partial charge in [0.1, 0.15) is 0 Å². The Balaban J connectivity index is -0.000000569. The minimum Gasteiger partial charge on any atom is -0.223 e. The van der Waals surface area contributed by atoms with E-state index in [9.17, 15) is 95.9 Å². The molecule has 0 fully saturated rings. The van der Waals surface area contributed by atoms with Gasteiger partial charge < -0.3 is 0 Å². The van der Waals surface area contributed by atoms with Crippen molar-refractivity contribution in [3.8, 4) is 0 Å². The van der Waals surface area contributed by atoms with Crippen LogP contribution >= 0.6 is 0 Å². The maximum atomic E-state index is 12.3. The molecule has 0 rings (SSSR count). The van der Waals surface area contributed by atoms with Gasteiger partial charge in [0.15, 0.2) is 0 Å². The van der Waals surface area contributed by atoms with Gasteiger partial charge in [-0.25, -0.2) is 27.1 Å². The molecule has 0 aliphatic heterocycles. The van der Waals surface area contributed by atoms with Gasteiger partial charge in [0.05, 0.1) is 0 Å². The maximum absolute atomic E-state index is 12.3. The third kappa shape index (κ3) is 6.36. The number of primary sulfonamides is 2. The first kappa shape index (κ1) is 38.7. The van der Waals surface area contributed by atoms with Gasteiger partial charge in [0.25, 0.3) is 20.0 Å². The monoisotopic (exact) mass is 605 g/mol. The SMILES string of the molecule is NS(=O)(=O)C(F)(F)C(F)(F)C(F)(F)C(F)(F)F.NS(=O)(=O)C(F)(F)C(F)(F)C(F)(F)C(F)(F)F.[Li]. The Labute approximate surface area is 192 Å². The summed E-state index contributed by atoms with van der Waals surface area (Å²) in [6, 6.07) is 0. The summed E-state index contributed by atoms with van der Waals surface area (Å²) in [6.07, 6.45) is -14.2. The van der Waals surface area contributed by atoms with Crippen LogP contribution in [0.4, 0.5) is 79.0 Å². The summed E-state index contributed by atoms with van der Waals surface area (Å²) in [5, 5.41) is -6.60. The molecule has 0 aliphatic rings. The molecule has 0 atom stereocenters. The summed E-state index contributed by atoms with van der Waals surface area (Å²) < 4.78 is 255. The van der Waals surface area contributed by atoms with Crippen molar-refractivity contribution < 1.29 is 95.9 Å². The number of hydrogen-bond donors (Lipinski definition) is 2. The molecule has 0 saturated carbocycles. The average Bonchev–Trinajstić information content (AvgIpc) is 2.50. The molecule has 4 N–H and O–H groups in total. The molecule has 0 aromatic heterocycles. The standard InChI is InChI=1S/2C4H2F9NO2S.Li/c2*5-1(6,3(9,10)11)2(7,8)4(12,13)17(14,15)16;/h2*(H2,14,15,16);. The minimum absolute atomic E-state index is 0. The molecule has 0 aliphatic carbocycles. The van der Waals surface area contributed by atoms with E-state index in [0.29, 0.717) is 0 Å². The summed E-state index contributed by atoms with van der Waals surface area (Å²) >= 11 is 0. The molecule has 0 aromatic carbocycles. The van der Waals surface area contributed by atoms with Crippen molar-refractivity contribution in [1.29, 1.82) is 0 Å². The van der Waals surface area contributed by atoms with Gasteiger partial charge in [0, 0.05) is 18.9 Å². The van der Waals surface area contributed by atoms with Crippen LogP contribution in [0.15, 0.2) is 0 Å². The topological polar surface area (TPSA) is 120 Å². The molecule has 6 nitrogen and oxygen atoms in total. The third-order valence-electron chi connectivity index (χ3n) is 2.95. The molecule has 0 heterocycles. The van der Waals surface area contributed by atoms with Gasteiger partial charge in [-0.15, -0.1) is 0 Å². The van der Waals surface area contributed by atoms with Crippen LogP contribution in [-0.2, 0) is 20.0 Å². The zero-order valence-electron chi connectivity index (χ0n) is 15.4. The van der Waals surface area contributed by atoms with Crippen molar-refractivity contribution >= 4 is 38.9 Å². The predicted octanol–water partition coefficient (Wildman–Crippen LogP) is 3.02. The summed E-state index contributed by atoms with van der Waals surface area (Å²) in [6.45, 7) is 0. The van der Waals surface area contributed by atoms with Crippen LogP contribution in [0.5, 0.6) is 0 Å². The zero-order chi connectivity index (χ0) is 29.0. The Bertz CT molecular complexity index is 876. The second-order valence-corrected chi connectivity index (χ2v) is 8.62. The average molecular weight is 605 g/mol. The first-order valence-electron chi connectivity index (χ1n) is 6.45. The van der Waals surface area contributed by atoms with E-state index in [0.717, 1.165) is 0 Å². The van der Waals surface area contributed by atoms with Crippen LogP contribution in [-0.4, -0.2) is 82.2 Å². The van der Waals surface area contributed by atoms with E-state index >= 15 is 0 Å². The molecule has 1 radical (unpaired) electrons. The summed E-state index contributed by atoms with van der Waals surface area (Å²) in [5.74, 6) is -29.0. The molecule has 0 bridgehead atoms. The van der Waals surface area contributed by atoms with E-state index in [2.05, 4.69) is 10.3 Å². The minimum atomic E-state index is -7.27. The van der Waals surface area contributed by atoms with E-state index < -0.39 is 66.6 Å². The first-order valence-corrected chi connectivity index (χ1v) is 9.54. The van der Waals surface area contributed by atoms with Crippen LogP contribution in [0, 0.1) is 0 Å². The van der Waals surface area contributed by atoms with E-state index in [1.54, 1.807) is 0 Å². The Kier molecular flexibility index (Phi) is 10.8. The smallest absolute Gasteiger partial charge is 0.223 e. The normalized spacial score (nSPS) is 15.7. The molecule has 35 heavy (non-hydrogen) atoms. The number of alkyl halides is 18. The summed E-state index contributed by atoms with van der Waals surface area (Å²) in [7, 11) is -13.3. The van der Waals surface area contributed by atoms with Crippen LogP contribution in [0.3, 0.4) is 0 Å². The van der Waals surface area contributed by atoms with Gasteiger partial charge in [0.2, 0.25) is 0 Å². The van der Waals surface area contributed by atoms with Crippen molar-refractivity contribution in [2.75, 3.05) is 0 Å². The van der Waals surface area contributed by atoms with Gasteiger partial charge in [-0.2, -0.15) is 79.0 Å². The third-order valence-corrected chi connectivity index (χ3v) is 4.89. The molecule has 0 saturated heterocycles. The van der Waals surface area contributed by atoms with Crippen LogP contribution < -0.4 is 10.3 Å². The van der Waals surface area contributed by atoms with E-state index in [1.165, 1.54) is 0 Å². The Morgan fingerprint density at radius 1 is 0.371 bits per heavy atom. The molecular weight excluding hydrogens is 601 g/mol. The predicted molar refractivity (Wildman–Crippen MR) is 73.8 cm³/mol. The van der Waals surface area contributed by atoms with Crippen molar-refractivity contribution in [3.63, 3.8) is 0 Å². The van der Waals surface area contributed by atoms with E-state index in [-0.39, 0.29) is 18.9 Å². The quantitative estimate of drug-likeness (QED) is 0.358. The molecular formula is C8H4F18LiN2O4S2. The van der Waals surface area contributed by atoms with Crippen molar-refractivity contribution in [2.24, 2.45) is 10.3 Å². The number of rotatable bonds is 6. The fourth-order valence-corrected chi connectivity index (χ4v) is 2.05. The van der Waals surface area contributed by atoms with E-state index in [4.69, 9.17) is 0 Å². The van der Waals surface area contributed by atoms with Crippen LogP contribution in [0.2, 0.25) is 0 Å². The second-order valence-electron chi connectivity index (χ2n) is 5.42. The van der Waals surface area contributed by atoms with E-state index in [1.807, 2.05) is 0 Å². The molecule has 0 spiro atoms. The number of sulfonamides is 2. The Morgan fingerprint density at radius 3 is 0.600 bits per heavy atom. The van der Waals surface area contributed by atoms with Crippen LogP contribution in [0.25, 0.3) is 0 Å². The number of nitrogens with two attached hydrogens (primary N) is 2. The summed E-state index contributed by atoms with van der Waals surface area (Å²) in [4.78, 5) is 0. The first-order chi connectivity index (χ1) is 14.0. The molecule has 0 aromatic rings. The zero-order valence-corrected chi connectivity index (χ0v) is 17.0. The number of halogens is 18. The summed E-state index contributed by atoms with van der Waals surface area (Å²) in [5.41, 5.74) is 0. The number of hydrogen-bond acceptors (Lipinski definition) is 4. The van der Waals surface area contributed by atoms with Gasteiger partial charge in [-0.3, -0.25) is 0 Å². The van der Waals surface area contributed by atoms with Gasteiger partial charge >= 0.3 is 46.6 Å². The molecule has 209 valence electrons. The molecule has 0 unspecified atom stereocenters. The largest absolute Gasteiger partial charge is 0.460 e. The Hall–Kier alpha value is -0.843.